The van der Waals surface area contributed by atoms with E-state index in [-0.39, 0.29) is 0 Å². The summed E-state index contributed by atoms with van der Waals surface area (Å²) >= 11 is 1.90. The molecule has 0 saturated carbocycles. The molecule has 0 saturated heterocycles. The fourth-order valence-electron chi connectivity index (χ4n) is 2.11. The third kappa shape index (κ3) is 2.33. The summed E-state index contributed by atoms with van der Waals surface area (Å²) in [4.78, 5) is 2.78. The number of nitrogens with one attached hydrogen (secondary N) is 1. The van der Waals surface area contributed by atoms with Gasteiger partial charge in [-0.3, -0.25) is 0 Å². The van der Waals surface area contributed by atoms with E-state index in [4.69, 9.17) is 0 Å². The summed E-state index contributed by atoms with van der Waals surface area (Å²) in [5, 5.41) is 3.35. The molecule has 3 rings (SSSR count). The van der Waals surface area contributed by atoms with E-state index < -0.39 is 0 Å². The average molecular weight is 241 g/mol. The van der Waals surface area contributed by atoms with E-state index in [1.54, 1.807) is 0 Å². The van der Waals surface area contributed by atoms with Crippen molar-refractivity contribution in [2.24, 2.45) is 0 Å². The first-order valence-electron chi connectivity index (χ1n) is 5.99. The Hall–Kier alpha value is -1.38. The molecule has 1 aliphatic heterocycles. The van der Waals surface area contributed by atoms with Crippen LogP contribution in [-0.2, 0) is 0 Å². The van der Waals surface area contributed by atoms with Crippen molar-refractivity contribution in [2.75, 3.05) is 13.1 Å². The van der Waals surface area contributed by atoms with Crippen LogP contribution in [0.25, 0.3) is 16.0 Å². The lowest BCUT2D eigenvalue weighted by Crippen LogP contribution is -2.19. The van der Waals surface area contributed by atoms with Gasteiger partial charge >= 0.3 is 0 Å². The second-order valence-corrected chi connectivity index (χ2v) is 5.30. The molecule has 0 fully saturated rings. The van der Waals surface area contributed by atoms with Gasteiger partial charge in [-0.05, 0) is 36.2 Å². The number of thiophene rings is 1. The first-order chi connectivity index (χ1) is 8.43. The summed E-state index contributed by atoms with van der Waals surface area (Å²) in [6.45, 7) is 2.11. The van der Waals surface area contributed by atoms with E-state index >= 15 is 0 Å². The molecule has 0 amide bonds. The smallest absolute Gasteiger partial charge is 0.0349 e. The molecule has 0 unspecified atom stereocenters. The lowest BCUT2D eigenvalue weighted by Gasteiger charge is -2.12. The number of rotatable bonds is 2. The zero-order valence-electron chi connectivity index (χ0n) is 9.65. The fourth-order valence-corrected chi connectivity index (χ4v) is 3.19. The summed E-state index contributed by atoms with van der Waals surface area (Å²) in [6.07, 6.45) is 3.46. The summed E-state index contributed by atoms with van der Waals surface area (Å²) in [5.41, 5.74) is 2.81. The largest absolute Gasteiger partial charge is 0.313 e. The first kappa shape index (κ1) is 10.8. The van der Waals surface area contributed by atoms with E-state index in [9.17, 15) is 0 Å². The highest BCUT2D eigenvalue weighted by molar-refractivity contribution is 7.16. The SMILES string of the molecule is C1=C(c2ccc(-c3ccccc3)s2)CCNC1. The van der Waals surface area contributed by atoms with Crippen molar-refractivity contribution in [3.8, 4) is 10.4 Å². The Bertz CT molecular complexity index is 525. The van der Waals surface area contributed by atoms with Gasteiger partial charge in [0.1, 0.15) is 0 Å². The van der Waals surface area contributed by atoms with Crippen molar-refractivity contribution in [1.29, 1.82) is 0 Å². The normalized spacial score (nSPS) is 15.6. The third-order valence-corrected chi connectivity index (χ3v) is 4.25. The second kappa shape index (κ2) is 4.86. The Balaban J connectivity index is 1.90. The molecule has 0 atom stereocenters. The molecule has 1 nitrogen and oxygen atoms in total. The van der Waals surface area contributed by atoms with E-state index in [0.717, 1.165) is 19.5 Å². The molecule has 1 aromatic heterocycles. The lowest BCUT2D eigenvalue weighted by molar-refractivity contribution is 0.739. The summed E-state index contributed by atoms with van der Waals surface area (Å²) < 4.78 is 0. The lowest BCUT2D eigenvalue weighted by atomic mass is 10.1. The zero-order chi connectivity index (χ0) is 11.5. The predicted molar refractivity (Wildman–Crippen MR) is 75.2 cm³/mol. The molecule has 2 aromatic rings. The molecule has 0 aliphatic carbocycles. The Morgan fingerprint density at radius 2 is 1.76 bits per heavy atom. The highest BCUT2D eigenvalue weighted by Crippen LogP contribution is 2.33. The molecule has 0 spiro atoms. The van der Waals surface area contributed by atoms with Crippen LogP contribution in [0.1, 0.15) is 11.3 Å². The maximum Gasteiger partial charge on any atom is 0.0349 e. The molecule has 86 valence electrons. The summed E-state index contributed by atoms with van der Waals surface area (Å²) in [5.74, 6) is 0. The van der Waals surface area contributed by atoms with Crippen LogP contribution in [0.2, 0.25) is 0 Å². The van der Waals surface area contributed by atoms with Gasteiger partial charge in [-0.1, -0.05) is 36.4 Å². The minimum Gasteiger partial charge on any atom is -0.313 e. The van der Waals surface area contributed by atoms with E-state index in [1.807, 2.05) is 11.3 Å². The minimum atomic E-state index is 1.01. The Morgan fingerprint density at radius 1 is 0.941 bits per heavy atom. The molecule has 0 radical (unpaired) electrons. The van der Waals surface area contributed by atoms with E-state index in [0.29, 0.717) is 0 Å². The second-order valence-electron chi connectivity index (χ2n) is 4.21. The van der Waals surface area contributed by atoms with Gasteiger partial charge in [0.15, 0.2) is 0 Å². The van der Waals surface area contributed by atoms with Crippen LogP contribution in [0.3, 0.4) is 0 Å². The standard InChI is InChI=1S/C15H15NS/c1-2-4-12(5-3-1)14-6-7-15(17-14)13-8-10-16-11-9-13/h1-8,16H,9-11H2. The predicted octanol–water partition coefficient (Wildman–Crippen LogP) is 3.79. The van der Waals surface area contributed by atoms with Crippen molar-refractivity contribution >= 4 is 16.9 Å². The van der Waals surface area contributed by atoms with Crippen LogP contribution in [-0.4, -0.2) is 13.1 Å². The van der Waals surface area contributed by atoms with Crippen LogP contribution >= 0.6 is 11.3 Å². The van der Waals surface area contributed by atoms with Crippen LogP contribution in [0, 0.1) is 0 Å². The molecular weight excluding hydrogens is 226 g/mol. The molecular formula is C15H15NS. The molecule has 2 heteroatoms. The van der Waals surface area contributed by atoms with Crippen molar-refractivity contribution in [2.45, 2.75) is 6.42 Å². The maximum absolute atomic E-state index is 3.35. The third-order valence-electron chi connectivity index (χ3n) is 3.04. The average Bonchev–Trinajstić information content (AvgIpc) is 2.90. The van der Waals surface area contributed by atoms with Gasteiger partial charge in [0, 0.05) is 16.3 Å². The molecule has 0 bridgehead atoms. The molecule has 17 heavy (non-hydrogen) atoms. The minimum absolute atomic E-state index is 1.01. The van der Waals surface area contributed by atoms with Crippen molar-refractivity contribution < 1.29 is 0 Å². The van der Waals surface area contributed by atoms with Crippen LogP contribution in [0.4, 0.5) is 0 Å². The zero-order valence-corrected chi connectivity index (χ0v) is 10.5. The topological polar surface area (TPSA) is 12.0 Å². The maximum atomic E-state index is 3.35. The van der Waals surface area contributed by atoms with Gasteiger partial charge in [-0.25, -0.2) is 0 Å². The Kier molecular flexibility index (Phi) is 3.08. The number of hydrogen-bond donors (Lipinski definition) is 1. The van der Waals surface area contributed by atoms with E-state index in [2.05, 4.69) is 53.9 Å². The number of hydrogen-bond acceptors (Lipinski definition) is 2. The van der Waals surface area contributed by atoms with Crippen molar-refractivity contribution in [1.82, 2.24) is 5.32 Å². The van der Waals surface area contributed by atoms with Crippen LogP contribution in [0.5, 0.6) is 0 Å². The highest BCUT2D eigenvalue weighted by Gasteiger charge is 2.09. The summed E-state index contributed by atoms with van der Waals surface area (Å²) in [6, 6.07) is 15.1. The number of benzene rings is 1. The van der Waals surface area contributed by atoms with Crippen molar-refractivity contribution in [3.63, 3.8) is 0 Å². The Morgan fingerprint density at radius 3 is 2.53 bits per heavy atom. The Labute approximate surface area is 106 Å². The van der Waals surface area contributed by atoms with Crippen LogP contribution in [0.15, 0.2) is 48.5 Å². The van der Waals surface area contributed by atoms with Gasteiger partial charge < -0.3 is 5.32 Å². The fraction of sp³-hybridized carbons (Fsp3) is 0.200. The first-order valence-corrected chi connectivity index (χ1v) is 6.80. The summed E-state index contributed by atoms with van der Waals surface area (Å²) in [7, 11) is 0. The van der Waals surface area contributed by atoms with Gasteiger partial charge in [0.25, 0.3) is 0 Å². The van der Waals surface area contributed by atoms with Gasteiger partial charge in [0.05, 0.1) is 0 Å². The highest BCUT2D eigenvalue weighted by atomic mass is 32.1. The van der Waals surface area contributed by atoms with E-state index in [1.165, 1.54) is 20.9 Å². The molecule has 2 heterocycles. The molecule has 1 N–H and O–H groups in total. The quantitative estimate of drug-likeness (QED) is 0.843. The van der Waals surface area contributed by atoms with Crippen molar-refractivity contribution in [3.05, 3.63) is 53.4 Å². The van der Waals surface area contributed by atoms with Gasteiger partial charge in [-0.2, -0.15) is 0 Å². The van der Waals surface area contributed by atoms with Gasteiger partial charge in [-0.15, -0.1) is 11.3 Å². The van der Waals surface area contributed by atoms with Gasteiger partial charge in [0.2, 0.25) is 0 Å². The molecule has 1 aromatic carbocycles. The van der Waals surface area contributed by atoms with Crippen LogP contribution < -0.4 is 5.32 Å². The molecule has 1 aliphatic rings. The monoisotopic (exact) mass is 241 g/mol.